The SMILES string of the molecule is CCCCC(O)(C(=O)O)C(=O)OCc1ccccc1. The summed E-state index contributed by atoms with van der Waals surface area (Å²) >= 11 is 0. The summed E-state index contributed by atoms with van der Waals surface area (Å²) < 4.78 is 4.88. The summed E-state index contributed by atoms with van der Waals surface area (Å²) in [5, 5.41) is 18.9. The van der Waals surface area contributed by atoms with Gasteiger partial charge in [0.15, 0.2) is 0 Å². The molecule has 0 fully saturated rings. The summed E-state index contributed by atoms with van der Waals surface area (Å²) in [6.45, 7) is 1.79. The van der Waals surface area contributed by atoms with Crippen molar-refractivity contribution in [3.05, 3.63) is 35.9 Å². The van der Waals surface area contributed by atoms with E-state index in [1.165, 1.54) is 0 Å². The molecule has 0 amide bonds. The van der Waals surface area contributed by atoms with Crippen molar-refractivity contribution in [2.45, 2.75) is 38.4 Å². The Labute approximate surface area is 111 Å². The zero-order valence-electron chi connectivity index (χ0n) is 10.8. The minimum absolute atomic E-state index is 0.0542. The second-order valence-corrected chi connectivity index (χ2v) is 4.33. The molecule has 0 aliphatic carbocycles. The highest BCUT2D eigenvalue weighted by atomic mass is 16.6. The van der Waals surface area contributed by atoms with Crippen molar-refractivity contribution < 1.29 is 24.5 Å². The van der Waals surface area contributed by atoms with Gasteiger partial charge in [0, 0.05) is 0 Å². The Morgan fingerprint density at radius 2 is 1.89 bits per heavy atom. The monoisotopic (exact) mass is 266 g/mol. The zero-order chi connectivity index (χ0) is 14.3. The van der Waals surface area contributed by atoms with Crippen LogP contribution in [0.4, 0.5) is 0 Å². The molecule has 5 nitrogen and oxygen atoms in total. The summed E-state index contributed by atoms with van der Waals surface area (Å²) in [4.78, 5) is 22.8. The van der Waals surface area contributed by atoms with Crippen molar-refractivity contribution in [1.29, 1.82) is 0 Å². The fraction of sp³-hybridized carbons (Fsp3) is 0.429. The van der Waals surface area contributed by atoms with E-state index in [0.29, 0.717) is 12.8 Å². The third-order valence-electron chi connectivity index (χ3n) is 2.80. The van der Waals surface area contributed by atoms with Gasteiger partial charge in [-0.2, -0.15) is 0 Å². The molecule has 1 unspecified atom stereocenters. The summed E-state index contributed by atoms with van der Waals surface area (Å²) in [5.41, 5.74) is -1.72. The van der Waals surface area contributed by atoms with Crippen LogP contribution in [0.25, 0.3) is 0 Å². The van der Waals surface area contributed by atoms with Crippen LogP contribution in [0.2, 0.25) is 0 Å². The highest BCUT2D eigenvalue weighted by Crippen LogP contribution is 2.18. The van der Waals surface area contributed by atoms with Crippen LogP contribution in [0.15, 0.2) is 30.3 Å². The molecule has 19 heavy (non-hydrogen) atoms. The third kappa shape index (κ3) is 4.06. The van der Waals surface area contributed by atoms with E-state index in [4.69, 9.17) is 9.84 Å². The Bertz CT molecular complexity index is 429. The van der Waals surface area contributed by atoms with Gasteiger partial charge in [-0.3, -0.25) is 0 Å². The van der Waals surface area contributed by atoms with Gasteiger partial charge in [0.05, 0.1) is 0 Å². The number of esters is 1. The number of ether oxygens (including phenoxy) is 1. The van der Waals surface area contributed by atoms with Crippen LogP contribution in [-0.4, -0.2) is 27.8 Å². The van der Waals surface area contributed by atoms with Crippen molar-refractivity contribution in [2.24, 2.45) is 0 Å². The Morgan fingerprint density at radius 3 is 2.42 bits per heavy atom. The molecule has 0 heterocycles. The third-order valence-corrected chi connectivity index (χ3v) is 2.80. The topological polar surface area (TPSA) is 83.8 Å². The van der Waals surface area contributed by atoms with E-state index in [2.05, 4.69) is 0 Å². The predicted octanol–water partition coefficient (Wildman–Crippen LogP) is 1.74. The fourth-order valence-corrected chi connectivity index (χ4v) is 1.57. The molecular weight excluding hydrogens is 248 g/mol. The van der Waals surface area contributed by atoms with Crippen LogP contribution < -0.4 is 0 Å². The van der Waals surface area contributed by atoms with Crippen LogP contribution >= 0.6 is 0 Å². The molecule has 0 spiro atoms. The largest absolute Gasteiger partial charge is 0.479 e. The molecule has 1 rings (SSSR count). The Balaban J connectivity index is 2.65. The van der Waals surface area contributed by atoms with Crippen LogP contribution in [0, 0.1) is 0 Å². The number of unbranched alkanes of at least 4 members (excludes halogenated alkanes) is 1. The van der Waals surface area contributed by atoms with E-state index >= 15 is 0 Å². The molecule has 1 atom stereocenters. The second-order valence-electron chi connectivity index (χ2n) is 4.33. The number of carboxylic acid groups (broad SMARTS) is 1. The molecule has 0 aliphatic heterocycles. The van der Waals surface area contributed by atoms with Gasteiger partial charge < -0.3 is 14.9 Å². The van der Waals surface area contributed by atoms with Crippen molar-refractivity contribution in [3.8, 4) is 0 Å². The maximum absolute atomic E-state index is 11.7. The predicted molar refractivity (Wildman–Crippen MR) is 68.3 cm³/mol. The standard InChI is InChI=1S/C14H18O5/c1-2-3-9-14(18,12(15)16)13(17)19-10-11-7-5-4-6-8-11/h4-8,18H,2-3,9-10H2,1H3,(H,15,16). The smallest absolute Gasteiger partial charge is 0.350 e. The van der Waals surface area contributed by atoms with Crippen molar-refractivity contribution in [2.75, 3.05) is 0 Å². The van der Waals surface area contributed by atoms with Crippen LogP contribution in [0.3, 0.4) is 0 Å². The number of carbonyl (C=O) groups is 2. The molecule has 0 aromatic heterocycles. The summed E-state index contributed by atoms with van der Waals surface area (Å²) in [7, 11) is 0. The molecule has 0 aliphatic rings. The van der Waals surface area contributed by atoms with E-state index in [-0.39, 0.29) is 13.0 Å². The van der Waals surface area contributed by atoms with Crippen LogP contribution in [-0.2, 0) is 20.9 Å². The lowest BCUT2D eigenvalue weighted by Crippen LogP contribution is -2.47. The minimum atomic E-state index is -2.45. The number of aliphatic carboxylic acids is 1. The molecule has 5 heteroatoms. The normalized spacial score (nSPS) is 13.6. The molecule has 0 saturated carbocycles. The van der Waals surface area contributed by atoms with Gasteiger partial charge in [0.2, 0.25) is 0 Å². The van der Waals surface area contributed by atoms with E-state index in [1.807, 2.05) is 13.0 Å². The lowest BCUT2D eigenvalue weighted by Gasteiger charge is -2.21. The van der Waals surface area contributed by atoms with E-state index in [1.54, 1.807) is 24.3 Å². The average molecular weight is 266 g/mol. The van der Waals surface area contributed by atoms with Gasteiger partial charge >= 0.3 is 11.9 Å². The molecule has 2 N–H and O–H groups in total. The first-order valence-electron chi connectivity index (χ1n) is 6.17. The molecule has 104 valence electrons. The Morgan fingerprint density at radius 1 is 1.26 bits per heavy atom. The maximum Gasteiger partial charge on any atom is 0.350 e. The molecule has 0 radical (unpaired) electrons. The van der Waals surface area contributed by atoms with E-state index in [0.717, 1.165) is 5.56 Å². The Hall–Kier alpha value is -1.88. The lowest BCUT2D eigenvalue weighted by molar-refractivity contribution is -0.182. The molecular formula is C14H18O5. The van der Waals surface area contributed by atoms with Gasteiger partial charge in [-0.05, 0) is 18.4 Å². The maximum atomic E-state index is 11.7. The number of aliphatic hydroxyl groups is 1. The van der Waals surface area contributed by atoms with Gasteiger partial charge in [-0.25, -0.2) is 9.59 Å². The second kappa shape index (κ2) is 6.89. The molecule has 1 aromatic rings. The van der Waals surface area contributed by atoms with Crippen molar-refractivity contribution >= 4 is 11.9 Å². The first kappa shape index (κ1) is 15.2. The lowest BCUT2D eigenvalue weighted by atomic mass is 9.97. The van der Waals surface area contributed by atoms with Crippen molar-refractivity contribution in [3.63, 3.8) is 0 Å². The number of benzene rings is 1. The highest BCUT2D eigenvalue weighted by Gasteiger charge is 2.45. The number of hydrogen-bond acceptors (Lipinski definition) is 4. The van der Waals surface area contributed by atoms with Gasteiger partial charge in [0.1, 0.15) is 6.61 Å². The number of carboxylic acids is 1. The van der Waals surface area contributed by atoms with E-state index in [9.17, 15) is 14.7 Å². The zero-order valence-corrected chi connectivity index (χ0v) is 10.8. The highest BCUT2D eigenvalue weighted by molar-refractivity contribution is 6.02. The first-order valence-corrected chi connectivity index (χ1v) is 6.17. The van der Waals surface area contributed by atoms with Crippen LogP contribution in [0.5, 0.6) is 0 Å². The summed E-state index contributed by atoms with van der Waals surface area (Å²) in [6.07, 6.45) is 0.969. The number of rotatable bonds is 7. The van der Waals surface area contributed by atoms with E-state index < -0.39 is 17.5 Å². The molecule has 0 saturated heterocycles. The quantitative estimate of drug-likeness (QED) is 0.580. The number of hydrogen-bond donors (Lipinski definition) is 2. The van der Waals surface area contributed by atoms with Gasteiger partial charge in [0.25, 0.3) is 5.60 Å². The Kier molecular flexibility index (Phi) is 5.51. The average Bonchev–Trinajstić information content (AvgIpc) is 2.42. The summed E-state index contributed by atoms with van der Waals surface area (Å²) in [5.74, 6) is -2.68. The van der Waals surface area contributed by atoms with Gasteiger partial charge in [-0.15, -0.1) is 0 Å². The molecule has 1 aromatic carbocycles. The van der Waals surface area contributed by atoms with Gasteiger partial charge in [-0.1, -0.05) is 43.7 Å². The molecule has 0 bridgehead atoms. The number of carbonyl (C=O) groups excluding carboxylic acids is 1. The van der Waals surface area contributed by atoms with Crippen molar-refractivity contribution in [1.82, 2.24) is 0 Å². The minimum Gasteiger partial charge on any atom is -0.479 e. The fourth-order valence-electron chi connectivity index (χ4n) is 1.57. The first-order chi connectivity index (χ1) is 9.00. The van der Waals surface area contributed by atoms with Crippen LogP contribution in [0.1, 0.15) is 31.7 Å². The summed E-state index contributed by atoms with van der Waals surface area (Å²) in [6, 6.07) is 8.88.